The van der Waals surface area contributed by atoms with Crippen molar-refractivity contribution in [3.63, 3.8) is 0 Å². The minimum atomic E-state index is -4.34. The molecule has 7 nitrogen and oxygen atoms in total. The van der Waals surface area contributed by atoms with E-state index in [1.165, 1.54) is 12.1 Å². The first kappa shape index (κ1) is 25.2. The van der Waals surface area contributed by atoms with E-state index in [1.807, 2.05) is 13.0 Å². The van der Waals surface area contributed by atoms with Gasteiger partial charge in [-0.3, -0.25) is 4.90 Å². The highest BCUT2D eigenvalue weighted by molar-refractivity contribution is 14.0. The first-order valence-corrected chi connectivity index (χ1v) is 9.86. The third kappa shape index (κ3) is 8.56. The number of nitrogens with zero attached hydrogens (tertiary/aromatic N) is 4. The van der Waals surface area contributed by atoms with Crippen LogP contribution in [0, 0.1) is 0 Å². The highest BCUT2D eigenvalue weighted by Gasteiger charge is 2.28. The number of rotatable bonds is 7. The fourth-order valence-electron chi connectivity index (χ4n) is 3.11. The van der Waals surface area contributed by atoms with Crippen LogP contribution in [0.15, 0.2) is 46.1 Å². The van der Waals surface area contributed by atoms with Crippen LogP contribution in [0.1, 0.15) is 18.2 Å². The Bertz CT molecular complexity index is 792. The second-order valence-electron chi connectivity index (χ2n) is 6.97. The van der Waals surface area contributed by atoms with Crippen LogP contribution in [0.5, 0.6) is 5.75 Å². The van der Waals surface area contributed by atoms with Gasteiger partial charge in [0, 0.05) is 45.3 Å². The number of alkyl halides is 3. The zero-order valence-electron chi connectivity index (χ0n) is 17.3. The molecule has 0 radical (unpaired) electrons. The quantitative estimate of drug-likeness (QED) is 0.322. The van der Waals surface area contributed by atoms with E-state index < -0.39 is 12.8 Å². The third-order valence-electron chi connectivity index (χ3n) is 4.62. The van der Waals surface area contributed by atoms with Crippen molar-refractivity contribution in [3.8, 4) is 5.75 Å². The van der Waals surface area contributed by atoms with E-state index in [9.17, 15) is 13.2 Å². The fraction of sp³-hybridized carbons (Fsp3) is 0.500. The summed E-state index contributed by atoms with van der Waals surface area (Å²) < 4.78 is 46.3. The van der Waals surface area contributed by atoms with E-state index in [-0.39, 0.29) is 29.7 Å². The van der Waals surface area contributed by atoms with Crippen molar-refractivity contribution in [3.05, 3.63) is 47.9 Å². The molecule has 1 N–H and O–H groups in total. The molecule has 0 aliphatic carbocycles. The molecule has 1 aliphatic rings. The summed E-state index contributed by atoms with van der Waals surface area (Å²) in [5.41, 5.74) is 1.82. The lowest BCUT2D eigenvalue weighted by Gasteiger charge is -2.36. The van der Waals surface area contributed by atoms with Crippen LogP contribution < -0.4 is 10.1 Å². The van der Waals surface area contributed by atoms with Crippen molar-refractivity contribution < 1.29 is 22.4 Å². The molecule has 0 bridgehead atoms. The highest BCUT2D eigenvalue weighted by Crippen LogP contribution is 2.19. The average Bonchev–Trinajstić information content (AvgIpc) is 3.23. The number of nitrogens with one attached hydrogen (secondary N) is 1. The van der Waals surface area contributed by atoms with Gasteiger partial charge in [-0.15, -0.1) is 24.0 Å². The second kappa shape index (κ2) is 12.1. The van der Waals surface area contributed by atoms with Crippen LogP contribution in [-0.2, 0) is 13.1 Å². The molecule has 1 fully saturated rings. The van der Waals surface area contributed by atoms with E-state index >= 15 is 0 Å². The van der Waals surface area contributed by atoms with Gasteiger partial charge in [-0.25, -0.2) is 4.99 Å². The Morgan fingerprint density at radius 3 is 2.45 bits per heavy atom. The van der Waals surface area contributed by atoms with Crippen molar-refractivity contribution in [2.24, 2.45) is 4.99 Å². The van der Waals surface area contributed by atoms with Gasteiger partial charge in [-0.05, 0) is 24.6 Å². The van der Waals surface area contributed by atoms with Crippen LogP contribution in [0.25, 0.3) is 0 Å². The predicted octanol–water partition coefficient (Wildman–Crippen LogP) is 3.52. The largest absolute Gasteiger partial charge is 0.484 e. The molecular formula is C20H27F3IN5O2. The van der Waals surface area contributed by atoms with E-state index in [0.29, 0.717) is 6.54 Å². The van der Waals surface area contributed by atoms with Gasteiger partial charge in [0.2, 0.25) is 0 Å². The number of ether oxygens (including phenoxy) is 1. The number of guanidine groups is 1. The molecule has 172 valence electrons. The van der Waals surface area contributed by atoms with Gasteiger partial charge in [-0.2, -0.15) is 13.2 Å². The number of aliphatic imine (C=N–C) groups is 1. The van der Waals surface area contributed by atoms with Gasteiger partial charge in [0.05, 0.1) is 12.2 Å². The lowest BCUT2D eigenvalue weighted by atomic mass is 10.2. The summed E-state index contributed by atoms with van der Waals surface area (Å²) in [5, 5.41) is 7.27. The molecule has 1 saturated heterocycles. The van der Waals surface area contributed by atoms with Crippen LogP contribution >= 0.6 is 24.0 Å². The summed E-state index contributed by atoms with van der Waals surface area (Å²) in [4.78, 5) is 9.22. The zero-order chi connectivity index (χ0) is 21.4. The van der Waals surface area contributed by atoms with Gasteiger partial charge in [0.25, 0.3) is 0 Å². The minimum absolute atomic E-state index is 0. The Hall–Kier alpha value is -2.02. The van der Waals surface area contributed by atoms with Gasteiger partial charge in [0.1, 0.15) is 12.0 Å². The van der Waals surface area contributed by atoms with E-state index in [4.69, 9.17) is 9.26 Å². The maximum atomic E-state index is 12.2. The SMILES string of the molecule is CCNC(=NCc1ccc(OCC(F)(F)F)cc1)N1CCN(Cc2ccon2)CC1.I. The fourth-order valence-corrected chi connectivity index (χ4v) is 3.11. The summed E-state index contributed by atoms with van der Waals surface area (Å²) in [6.45, 7) is 6.14. The minimum Gasteiger partial charge on any atom is -0.484 e. The summed E-state index contributed by atoms with van der Waals surface area (Å²) >= 11 is 0. The standard InChI is InChI=1S/C20H26F3N5O2.HI/c1-2-24-19(28-10-8-27(9-11-28)14-17-7-12-30-26-17)25-13-16-3-5-18(6-4-16)29-15-20(21,22)23;/h3-7,12H,2,8-11,13-15H2,1H3,(H,24,25);1H. The van der Waals surface area contributed by atoms with E-state index in [1.54, 1.807) is 18.4 Å². The highest BCUT2D eigenvalue weighted by atomic mass is 127. The van der Waals surface area contributed by atoms with Gasteiger partial charge in [0.15, 0.2) is 12.6 Å². The van der Waals surface area contributed by atoms with Crippen molar-refractivity contribution in [2.75, 3.05) is 39.3 Å². The van der Waals surface area contributed by atoms with Crippen molar-refractivity contribution in [1.82, 2.24) is 20.3 Å². The van der Waals surface area contributed by atoms with Gasteiger partial charge in [-0.1, -0.05) is 17.3 Å². The Labute approximate surface area is 196 Å². The molecule has 2 aromatic rings. The lowest BCUT2D eigenvalue weighted by Crippen LogP contribution is -2.52. The summed E-state index contributed by atoms with van der Waals surface area (Å²) in [7, 11) is 0. The lowest BCUT2D eigenvalue weighted by molar-refractivity contribution is -0.153. The number of halogens is 4. The number of hydrogen-bond donors (Lipinski definition) is 1. The molecule has 1 aromatic carbocycles. The summed E-state index contributed by atoms with van der Waals surface area (Å²) in [6.07, 6.45) is -2.76. The van der Waals surface area contributed by atoms with Crippen molar-refractivity contribution in [1.29, 1.82) is 0 Å². The molecule has 11 heteroatoms. The van der Waals surface area contributed by atoms with Crippen LogP contribution in [-0.4, -0.2) is 66.4 Å². The molecular weight excluding hydrogens is 526 g/mol. The van der Waals surface area contributed by atoms with Crippen LogP contribution in [0.2, 0.25) is 0 Å². The maximum Gasteiger partial charge on any atom is 0.422 e. The first-order valence-electron chi connectivity index (χ1n) is 9.86. The van der Waals surface area contributed by atoms with E-state index in [2.05, 4.69) is 25.3 Å². The Kier molecular flexibility index (Phi) is 9.88. The van der Waals surface area contributed by atoms with Gasteiger partial charge < -0.3 is 19.5 Å². The Balaban J connectivity index is 0.00000341. The molecule has 31 heavy (non-hydrogen) atoms. The number of piperazine rings is 1. The number of hydrogen-bond acceptors (Lipinski definition) is 5. The van der Waals surface area contributed by atoms with Crippen LogP contribution in [0.4, 0.5) is 13.2 Å². The zero-order valence-corrected chi connectivity index (χ0v) is 19.6. The normalized spacial score (nSPS) is 15.5. The van der Waals surface area contributed by atoms with Crippen molar-refractivity contribution in [2.45, 2.75) is 26.2 Å². The topological polar surface area (TPSA) is 66.1 Å². The molecule has 3 rings (SSSR count). The Morgan fingerprint density at radius 1 is 1.16 bits per heavy atom. The molecule has 0 saturated carbocycles. The molecule has 0 amide bonds. The first-order chi connectivity index (χ1) is 14.4. The molecule has 0 unspecified atom stereocenters. The maximum absolute atomic E-state index is 12.2. The molecule has 0 spiro atoms. The second-order valence-corrected chi connectivity index (χ2v) is 6.97. The molecule has 1 aromatic heterocycles. The summed E-state index contributed by atoms with van der Waals surface area (Å²) in [6, 6.07) is 8.40. The summed E-state index contributed by atoms with van der Waals surface area (Å²) in [5.74, 6) is 1.02. The van der Waals surface area contributed by atoms with Crippen molar-refractivity contribution >= 4 is 29.9 Å². The monoisotopic (exact) mass is 553 g/mol. The third-order valence-corrected chi connectivity index (χ3v) is 4.62. The average molecular weight is 553 g/mol. The Morgan fingerprint density at radius 2 is 1.87 bits per heavy atom. The predicted molar refractivity (Wildman–Crippen MR) is 122 cm³/mol. The van der Waals surface area contributed by atoms with Crippen LogP contribution in [0.3, 0.4) is 0 Å². The van der Waals surface area contributed by atoms with Gasteiger partial charge >= 0.3 is 6.18 Å². The molecule has 1 aliphatic heterocycles. The number of aromatic nitrogens is 1. The smallest absolute Gasteiger partial charge is 0.422 e. The number of benzene rings is 1. The molecule has 2 heterocycles. The van der Waals surface area contributed by atoms with E-state index in [0.717, 1.165) is 56.5 Å². The molecule has 0 atom stereocenters.